The molecule has 0 aromatic carbocycles. The Bertz CT molecular complexity index is 281. The van der Waals surface area contributed by atoms with E-state index in [4.69, 9.17) is 4.99 Å². The van der Waals surface area contributed by atoms with Crippen LogP contribution in [0.15, 0.2) is 4.99 Å². The van der Waals surface area contributed by atoms with Gasteiger partial charge in [-0.15, -0.1) is 0 Å². The Kier molecular flexibility index (Phi) is 3.79. The second-order valence-electron chi connectivity index (χ2n) is 5.49. The molecule has 1 aliphatic carbocycles. The summed E-state index contributed by atoms with van der Waals surface area (Å²) in [5.41, 5.74) is 0.410. The van der Waals surface area contributed by atoms with Crippen LogP contribution < -0.4 is 5.32 Å². The summed E-state index contributed by atoms with van der Waals surface area (Å²) in [6.07, 6.45) is 7.61. The SMILES string of the molecule is CSC(C)(C)CN=C1NC2(CCCC2)CS1. The predicted molar refractivity (Wildman–Crippen MR) is 76.7 cm³/mol. The van der Waals surface area contributed by atoms with Gasteiger partial charge in [0.2, 0.25) is 0 Å². The lowest BCUT2D eigenvalue weighted by Gasteiger charge is -2.22. The molecular formula is C12H22N2S2. The average molecular weight is 258 g/mol. The molecule has 1 saturated heterocycles. The lowest BCUT2D eigenvalue weighted by molar-refractivity contribution is 0.452. The summed E-state index contributed by atoms with van der Waals surface area (Å²) in [6.45, 7) is 5.43. The van der Waals surface area contributed by atoms with Crippen LogP contribution >= 0.6 is 23.5 Å². The number of hydrogen-bond donors (Lipinski definition) is 1. The Balaban J connectivity index is 1.90. The number of rotatable bonds is 3. The summed E-state index contributed by atoms with van der Waals surface area (Å²) in [5.74, 6) is 1.23. The molecule has 2 nitrogen and oxygen atoms in total. The van der Waals surface area contributed by atoms with E-state index in [9.17, 15) is 0 Å². The van der Waals surface area contributed by atoms with Crippen molar-refractivity contribution in [2.45, 2.75) is 49.8 Å². The second-order valence-corrected chi connectivity index (χ2v) is 7.96. The maximum atomic E-state index is 4.73. The first-order valence-corrected chi connectivity index (χ1v) is 8.27. The zero-order valence-corrected chi connectivity index (χ0v) is 12.1. The highest BCUT2D eigenvalue weighted by atomic mass is 32.2. The van der Waals surface area contributed by atoms with Crippen molar-refractivity contribution < 1.29 is 0 Å². The minimum Gasteiger partial charge on any atom is -0.359 e. The van der Waals surface area contributed by atoms with Crippen molar-refractivity contribution in [1.82, 2.24) is 5.32 Å². The van der Waals surface area contributed by atoms with Crippen LogP contribution in [-0.2, 0) is 0 Å². The fourth-order valence-electron chi connectivity index (χ4n) is 2.24. The zero-order valence-electron chi connectivity index (χ0n) is 10.5. The molecule has 4 heteroatoms. The molecule has 2 fully saturated rings. The van der Waals surface area contributed by atoms with E-state index >= 15 is 0 Å². The van der Waals surface area contributed by atoms with E-state index in [0.29, 0.717) is 5.54 Å². The monoisotopic (exact) mass is 258 g/mol. The summed E-state index contributed by atoms with van der Waals surface area (Å²) in [4.78, 5) is 4.73. The van der Waals surface area contributed by atoms with Gasteiger partial charge < -0.3 is 5.32 Å². The minimum absolute atomic E-state index is 0.265. The quantitative estimate of drug-likeness (QED) is 0.841. The smallest absolute Gasteiger partial charge is 0.157 e. The third-order valence-corrected chi connectivity index (χ3v) is 6.01. The first-order chi connectivity index (χ1) is 7.55. The number of nitrogens with zero attached hydrogens (tertiary/aromatic N) is 1. The molecule has 0 unspecified atom stereocenters. The summed E-state index contributed by atoms with van der Waals surface area (Å²) in [5, 5.41) is 4.85. The third-order valence-electron chi connectivity index (χ3n) is 3.57. The minimum atomic E-state index is 0.265. The predicted octanol–water partition coefficient (Wildman–Crippen LogP) is 3.13. The van der Waals surface area contributed by atoms with Gasteiger partial charge in [0.25, 0.3) is 0 Å². The molecule has 0 atom stereocenters. The lowest BCUT2D eigenvalue weighted by atomic mass is 10.0. The largest absolute Gasteiger partial charge is 0.359 e. The maximum Gasteiger partial charge on any atom is 0.157 e. The first-order valence-electron chi connectivity index (χ1n) is 6.06. The van der Waals surface area contributed by atoms with Crippen molar-refractivity contribution in [3.8, 4) is 0 Å². The molecule has 92 valence electrons. The molecule has 0 bridgehead atoms. The van der Waals surface area contributed by atoms with E-state index < -0.39 is 0 Å². The highest BCUT2D eigenvalue weighted by Crippen LogP contribution is 2.37. The van der Waals surface area contributed by atoms with Crippen molar-refractivity contribution in [2.24, 2.45) is 4.99 Å². The molecule has 2 rings (SSSR count). The van der Waals surface area contributed by atoms with E-state index in [-0.39, 0.29) is 4.75 Å². The summed E-state index contributed by atoms with van der Waals surface area (Å²) in [6, 6.07) is 0. The van der Waals surface area contributed by atoms with Crippen molar-refractivity contribution in [1.29, 1.82) is 0 Å². The second kappa shape index (κ2) is 4.81. The normalized spacial score (nSPS) is 26.6. The van der Waals surface area contributed by atoms with Gasteiger partial charge in [-0.05, 0) is 32.9 Å². The Morgan fingerprint density at radius 1 is 1.44 bits per heavy atom. The molecule has 1 aliphatic heterocycles. The number of aliphatic imine (C=N–C) groups is 1. The molecule has 1 N–H and O–H groups in total. The maximum absolute atomic E-state index is 4.73. The zero-order chi connectivity index (χ0) is 11.6. The number of hydrogen-bond acceptors (Lipinski definition) is 3. The first kappa shape index (κ1) is 12.6. The molecule has 2 aliphatic rings. The van der Waals surface area contributed by atoms with Crippen LogP contribution in [-0.4, -0.2) is 34.0 Å². The highest BCUT2D eigenvalue weighted by Gasteiger charge is 2.39. The lowest BCUT2D eigenvalue weighted by Crippen LogP contribution is -2.41. The van der Waals surface area contributed by atoms with Crippen molar-refractivity contribution in [3.63, 3.8) is 0 Å². The van der Waals surface area contributed by atoms with Gasteiger partial charge in [0, 0.05) is 16.0 Å². The fourth-order valence-corrected chi connectivity index (χ4v) is 3.65. The van der Waals surface area contributed by atoms with Crippen molar-refractivity contribution in [2.75, 3.05) is 18.6 Å². The number of nitrogens with one attached hydrogen (secondary N) is 1. The van der Waals surface area contributed by atoms with Gasteiger partial charge in [-0.2, -0.15) is 11.8 Å². The molecular weight excluding hydrogens is 236 g/mol. The molecule has 0 aromatic heterocycles. The van der Waals surface area contributed by atoms with Gasteiger partial charge in [-0.1, -0.05) is 24.6 Å². The Hall–Kier alpha value is 0.170. The van der Waals surface area contributed by atoms with Crippen molar-refractivity contribution >= 4 is 28.7 Å². The van der Waals surface area contributed by atoms with Gasteiger partial charge in [0.1, 0.15) is 0 Å². The van der Waals surface area contributed by atoms with Crippen molar-refractivity contribution in [3.05, 3.63) is 0 Å². The molecule has 1 saturated carbocycles. The van der Waals surface area contributed by atoms with Gasteiger partial charge in [-0.25, -0.2) is 0 Å². The van der Waals surface area contributed by atoms with Gasteiger partial charge in [0.15, 0.2) is 5.17 Å². The van der Waals surface area contributed by atoms with Crippen LogP contribution in [0.3, 0.4) is 0 Å². The third kappa shape index (κ3) is 2.89. The van der Waals surface area contributed by atoms with Crippen LogP contribution in [0.25, 0.3) is 0 Å². The molecule has 0 aromatic rings. The van der Waals surface area contributed by atoms with Crippen LogP contribution in [0.5, 0.6) is 0 Å². The summed E-state index contributed by atoms with van der Waals surface area (Å²) in [7, 11) is 0. The van der Waals surface area contributed by atoms with E-state index in [2.05, 4.69) is 25.4 Å². The van der Waals surface area contributed by atoms with E-state index in [1.807, 2.05) is 23.5 Å². The number of amidine groups is 1. The van der Waals surface area contributed by atoms with Gasteiger partial charge >= 0.3 is 0 Å². The molecule has 0 amide bonds. The number of thioether (sulfide) groups is 2. The van der Waals surface area contributed by atoms with Crippen LogP contribution in [0.4, 0.5) is 0 Å². The van der Waals surface area contributed by atoms with Gasteiger partial charge in [-0.3, -0.25) is 4.99 Å². The van der Waals surface area contributed by atoms with E-state index in [0.717, 1.165) is 6.54 Å². The highest BCUT2D eigenvalue weighted by molar-refractivity contribution is 8.14. The average Bonchev–Trinajstić information content (AvgIpc) is 2.87. The standard InChI is InChI=1S/C12H22N2S2/c1-11(2,15-3)8-13-10-14-12(9-16-10)6-4-5-7-12/h4-9H2,1-3H3,(H,13,14). The van der Waals surface area contributed by atoms with E-state index in [1.165, 1.54) is 36.6 Å². The fraction of sp³-hybridized carbons (Fsp3) is 0.917. The van der Waals surface area contributed by atoms with E-state index in [1.54, 1.807) is 0 Å². The molecule has 16 heavy (non-hydrogen) atoms. The van der Waals surface area contributed by atoms with Crippen LogP contribution in [0.1, 0.15) is 39.5 Å². The molecule has 0 radical (unpaired) electrons. The van der Waals surface area contributed by atoms with Gasteiger partial charge in [0.05, 0.1) is 6.54 Å². The Morgan fingerprint density at radius 3 is 2.75 bits per heavy atom. The van der Waals surface area contributed by atoms with Crippen LogP contribution in [0.2, 0.25) is 0 Å². The Labute approximate surface area is 107 Å². The summed E-state index contributed by atoms with van der Waals surface area (Å²) < 4.78 is 0.265. The summed E-state index contributed by atoms with van der Waals surface area (Å²) >= 11 is 3.81. The topological polar surface area (TPSA) is 24.4 Å². The van der Waals surface area contributed by atoms with Crippen LogP contribution in [0, 0.1) is 0 Å². The Morgan fingerprint density at radius 2 is 2.12 bits per heavy atom. The molecule has 1 heterocycles. The molecule has 1 spiro atoms.